The van der Waals surface area contributed by atoms with Crippen LogP contribution >= 0.6 is 0 Å². The number of likely N-dealkylation sites (N-methyl/N-ethyl adjacent to an activating group) is 2. The fraction of sp³-hybridized carbons (Fsp3) is 0.692. The van der Waals surface area contributed by atoms with Gasteiger partial charge in [0.05, 0.1) is 0 Å². The zero-order chi connectivity index (χ0) is 12.6. The third-order valence-electron chi connectivity index (χ3n) is 3.74. The second kappa shape index (κ2) is 5.10. The molecule has 17 heavy (non-hydrogen) atoms. The molecule has 0 bridgehead atoms. The molecular weight excluding hydrogens is 314 g/mol. The van der Waals surface area contributed by atoms with Gasteiger partial charge < -0.3 is 0 Å². The van der Waals surface area contributed by atoms with Gasteiger partial charge in [-0.25, -0.2) is 0 Å². The van der Waals surface area contributed by atoms with Crippen LogP contribution in [0.25, 0.3) is 0 Å². The molecule has 0 spiro atoms. The molecule has 1 saturated heterocycles. The Morgan fingerprint density at radius 3 is 1.94 bits per heavy atom. The van der Waals surface area contributed by atoms with E-state index in [9.17, 15) is 0 Å². The number of allylic oxidation sites excluding steroid dienone is 2. The van der Waals surface area contributed by atoms with Crippen LogP contribution in [0.3, 0.4) is 0 Å². The van der Waals surface area contributed by atoms with E-state index in [1.807, 2.05) is 0 Å². The van der Waals surface area contributed by atoms with Crippen molar-refractivity contribution >= 4 is 25.4 Å². The van der Waals surface area contributed by atoms with Crippen LogP contribution in [0, 0.1) is 0 Å². The van der Waals surface area contributed by atoms with Crippen molar-refractivity contribution in [3.63, 3.8) is 0 Å². The summed E-state index contributed by atoms with van der Waals surface area (Å²) in [7, 11) is 4.46. The Hall–Kier alpha value is 0.264. The zero-order valence-corrected chi connectivity index (χ0v) is 14.8. The van der Waals surface area contributed by atoms with Gasteiger partial charge in [0.15, 0.2) is 0 Å². The average Bonchev–Trinajstić information content (AvgIpc) is 2.50. The Balaban J connectivity index is 2.10. The van der Waals surface area contributed by atoms with Gasteiger partial charge in [-0.05, 0) is 0 Å². The van der Waals surface area contributed by atoms with Crippen LogP contribution in [-0.2, 0) is 0 Å². The van der Waals surface area contributed by atoms with Crippen molar-refractivity contribution in [2.24, 2.45) is 0 Å². The molecule has 0 aromatic rings. The molecule has 1 aliphatic heterocycles. The Labute approximate surface area is 111 Å². The van der Waals surface area contributed by atoms with Gasteiger partial charge in [0.25, 0.3) is 0 Å². The van der Waals surface area contributed by atoms with E-state index in [0.29, 0.717) is 6.98 Å². The monoisotopic (exact) mass is 340 g/mol. The van der Waals surface area contributed by atoms with Crippen molar-refractivity contribution in [3.05, 3.63) is 21.2 Å². The first kappa shape index (κ1) is 13.7. The normalized spacial score (nSPS) is 28.2. The van der Waals surface area contributed by atoms with Gasteiger partial charge in [-0.3, -0.25) is 0 Å². The summed E-state index contributed by atoms with van der Waals surface area (Å²) in [5.74, 6) is 2.50. The summed E-state index contributed by atoms with van der Waals surface area (Å²) in [5.41, 5.74) is 3.30. The SMILES string of the molecule is CN1CCN(C)B1C=C1CCC1=[CH][Sn]([CH3])([CH3])[CH3]. The molecule has 0 radical (unpaired) electrons. The van der Waals surface area contributed by atoms with E-state index in [-0.39, 0.29) is 0 Å². The number of hydrogen-bond donors (Lipinski definition) is 0. The summed E-state index contributed by atoms with van der Waals surface area (Å²) < 4.78 is 2.65. The molecule has 0 atom stereocenters. The van der Waals surface area contributed by atoms with Crippen molar-refractivity contribution in [2.75, 3.05) is 27.2 Å². The van der Waals surface area contributed by atoms with E-state index in [1.165, 1.54) is 25.9 Å². The van der Waals surface area contributed by atoms with Crippen LogP contribution in [0.1, 0.15) is 12.8 Å². The number of nitrogens with zero attached hydrogens (tertiary/aromatic N) is 2. The van der Waals surface area contributed by atoms with Crippen LogP contribution in [-0.4, -0.2) is 62.2 Å². The van der Waals surface area contributed by atoms with Crippen LogP contribution in [0.4, 0.5) is 0 Å². The fourth-order valence-electron chi connectivity index (χ4n) is 2.64. The third kappa shape index (κ3) is 3.39. The molecule has 1 saturated carbocycles. The molecule has 94 valence electrons. The molecule has 0 unspecified atom stereocenters. The predicted octanol–water partition coefficient (Wildman–Crippen LogP) is 2.42. The molecule has 2 rings (SSSR count). The maximum absolute atomic E-state index is 2.65. The first-order chi connectivity index (χ1) is 7.87. The van der Waals surface area contributed by atoms with Crippen molar-refractivity contribution in [3.8, 4) is 0 Å². The molecule has 0 amide bonds. The van der Waals surface area contributed by atoms with Gasteiger partial charge >= 0.3 is 111 Å². The second-order valence-electron chi connectivity index (χ2n) is 6.60. The molecule has 2 aliphatic rings. The van der Waals surface area contributed by atoms with Gasteiger partial charge in [-0.15, -0.1) is 0 Å². The van der Waals surface area contributed by atoms with Crippen molar-refractivity contribution < 1.29 is 0 Å². The molecule has 1 heterocycles. The second-order valence-corrected chi connectivity index (χ2v) is 20.9. The van der Waals surface area contributed by atoms with Crippen LogP contribution < -0.4 is 0 Å². The minimum atomic E-state index is -1.75. The summed E-state index contributed by atoms with van der Waals surface area (Å²) >= 11 is -1.75. The zero-order valence-electron chi connectivity index (χ0n) is 12.0. The summed E-state index contributed by atoms with van der Waals surface area (Å²) in [4.78, 5) is 12.4. The van der Waals surface area contributed by atoms with Gasteiger partial charge in [0.1, 0.15) is 0 Å². The van der Waals surface area contributed by atoms with E-state index >= 15 is 0 Å². The molecule has 2 nitrogen and oxygen atoms in total. The van der Waals surface area contributed by atoms with Crippen LogP contribution in [0.15, 0.2) is 21.2 Å². The third-order valence-corrected chi connectivity index (χ3v) is 7.21. The number of rotatable bonds is 2. The predicted molar refractivity (Wildman–Crippen MR) is 79.8 cm³/mol. The standard InChI is InChI=1S/C10H16BN2.3CH3.Sn/c1-9-4-5-10(9)8-11-12(2)6-7-13(11)3;;;;/h1,8H,4-7H2,2-3H3;3*1H3;. The van der Waals surface area contributed by atoms with E-state index in [1.54, 1.807) is 11.1 Å². The minimum absolute atomic E-state index is 0.531. The molecule has 0 N–H and O–H groups in total. The molecule has 0 aromatic heterocycles. The topological polar surface area (TPSA) is 6.48 Å². The molecule has 1 aliphatic carbocycles. The average molecular weight is 339 g/mol. The quantitative estimate of drug-likeness (QED) is 0.713. The Morgan fingerprint density at radius 2 is 1.53 bits per heavy atom. The van der Waals surface area contributed by atoms with E-state index in [2.05, 4.69) is 48.6 Å². The molecule has 4 heteroatoms. The fourth-order valence-corrected chi connectivity index (χ4v) is 6.57. The molecule has 0 aromatic carbocycles. The first-order valence-electron chi connectivity index (χ1n) is 6.70. The van der Waals surface area contributed by atoms with Crippen molar-refractivity contribution in [2.45, 2.75) is 27.7 Å². The summed E-state index contributed by atoms with van der Waals surface area (Å²) in [6.45, 7) is 2.93. The van der Waals surface area contributed by atoms with Gasteiger partial charge in [0.2, 0.25) is 0 Å². The number of hydrogen-bond acceptors (Lipinski definition) is 2. The molecule has 2 fully saturated rings. The summed E-state index contributed by atoms with van der Waals surface area (Å²) in [6.07, 6.45) is 2.62. The maximum atomic E-state index is 2.65. The Morgan fingerprint density at radius 1 is 1.00 bits per heavy atom. The Kier molecular flexibility index (Phi) is 4.10. The van der Waals surface area contributed by atoms with Crippen LogP contribution in [0.2, 0.25) is 14.8 Å². The van der Waals surface area contributed by atoms with Gasteiger partial charge in [-0.2, -0.15) is 0 Å². The van der Waals surface area contributed by atoms with Crippen molar-refractivity contribution in [1.29, 1.82) is 0 Å². The summed E-state index contributed by atoms with van der Waals surface area (Å²) in [6, 6.07) is 0. The van der Waals surface area contributed by atoms with Gasteiger partial charge in [0, 0.05) is 0 Å². The first-order valence-corrected chi connectivity index (χ1v) is 16.9. The Bertz CT molecular complexity index is 347. The van der Waals surface area contributed by atoms with Crippen molar-refractivity contribution in [1.82, 2.24) is 9.62 Å². The van der Waals surface area contributed by atoms with E-state index in [0.717, 1.165) is 0 Å². The van der Waals surface area contributed by atoms with Crippen LogP contribution in [0.5, 0.6) is 0 Å². The van der Waals surface area contributed by atoms with E-state index in [4.69, 9.17) is 0 Å². The van der Waals surface area contributed by atoms with Gasteiger partial charge in [-0.1, -0.05) is 0 Å². The molecular formula is C13H25BN2Sn. The summed E-state index contributed by atoms with van der Waals surface area (Å²) in [5, 5.41) is 0. The van der Waals surface area contributed by atoms with E-state index < -0.39 is 18.4 Å².